The van der Waals surface area contributed by atoms with Crippen LogP contribution in [0.2, 0.25) is 0 Å². The van der Waals surface area contributed by atoms with E-state index >= 15 is 0 Å². The molecule has 1 heteroatoms. The summed E-state index contributed by atoms with van der Waals surface area (Å²) in [7, 11) is 4.33. The number of rotatable bonds is 2. The number of nitrogens with zero attached hydrogens (tertiary/aromatic N) is 1. The maximum atomic E-state index is 2.36. The molecule has 2 aliphatic rings. The van der Waals surface area contributed by atoms with Crippen molar-refractivity contribution < 1.29 is 0 Å². The summed E-state index contributed by atoms with van der Waals surface area (Å²) in [5, 5.41) is 0. The fourth-order valence-electron chi connectivity index (χ4n) is 5.93. The van der Waals surface area contributed by atoms with Crippen molar-refractivity contribution in [3.63, 3.8) is 0 Å². The second kappa shape index (κ2) is 6.42. The molecule has 0 aromatic heterocycles. The van der Waals surface area contributed by atoms with Crippen LogP contribution in [0.1, 0.15) is 38.9 Å². The van der Waals surface area contributed by atoms with Gasteiger partial charge in [0.05, 0.1) is 5.41 Å². The van der Waals surface area contributed by atoms with Crippen LogP contribution in [0.4, 0.5) is 0 Å². The lowest BCUT2D eigenvalue weighted by atomic mass is 9.60. The van der Waals surface area contributed by atoms with E-state index < -0.39 is 0 Å². The minimum absolute atomic E-state index is 0.246. The van der Waals surface area contributed by atoms with Crippen LogP contribution < -0.4 is 0 Å². The average molecular weight is 388 g/mol. The topological polar surface area (TPSA) is 3.24 Å². The van der Waals surface area contributed by atoms with Crippen molar-refractivity contribution >= 4 is 0 Å². The molecule has 4 aromatic carbocycles. The molecule has 146 valence electrons. The summed E-state index contributed by atoms with van der Waals surface area (Å²) < 4.78 is 0. The molecular formula is C29H25N. The van der Waals surface area contributed by atoms with E-state index in [0.29, 0.717) is 0 Å². The molecule has 0 N–H and O–H groups in total. The van der Waals surface area contributed by atoms with Crippen molar-refractivity contribution in [2.24, 2.45) is 0 Å². The maximum Gasteiger partial charge on any atom is 0.0722 e. The molecule has 1 spiro atoms. The molecular weight excluding hydrogens is 362 g/mol. The summed E-state index contributed by atoms with van der Waals surface area (Å²) in [6, 6.07) is 34.1. The highest BCUT2D eigenvalue weighted by molar-refractivity contribution is 5.88. The molecule has 0 amide bonds. The van der Waals surface area contributed by atoms with Gasteiger partial charge in [-0.05, 0) is 70.6 Å². The predicted molar refractivity (Wildman–Crippen MR) is 124 cm³/mol. The number of benzene rings is 4. The fraction of sp³-hybridized carbons (Fsp3) is 0.172. The molecule has 2 aliphatic carbocycles. The first-order chi connectivity index (χ1) is 14.7. The van der Waals surface area contributed by atoms with Crippen LogP contribution in [0.25, 0.3) is 11.1 Å². The van der Waals surface area contributed by atoms with Crippen molar-refractivity contribution in [2.75, 3.05) is 14.1 Å². The molecule has 0 bridgehead atoms. The maximum absolute atomic E-state index is 2.36. The van der Waals surface area contributed by atoms with Crippen LogP contribution in [0.5, 0.6) is 0 Å². The van der Waals surface area contributed by atoms with E-state index in [0.717, 1.165) is 13.0 Å². The monoisotopic (exact) mass is 387 g/mol. The third-order valence-corrected chi connectivity index (χ3v) is 6.85. The highest BCUT2D eigenvalue weighted by Crippen LogP contribution is 2.59. The molecule has 1 nitrogen and oxygen atoms in total. The standard InChI is InChI=1S/C29H25N/c1-30(2)19-22-12-9-11-21-18-20-10-3-6-15-25(20)29(28(21)22)26-16-7-4-13-23(26)24-14-5-8-17-27(24)29/h3-17H,18-19H2,1-2H3. The van der Waals surface area contributed by atoms with Crippen LogP contribution >= 0.6 is 0 Å². The zero-order valence-corrected chi connectivity index (χ0v) is 17.5. The van der Waals surface area contributed by atoms with Gasteiger partial charge in [0.15, 0.2) is 0 Å². The van der Waals surface area contributed by atoms with Gasteiger partial charge in [-0.25, -0.2) is 0 Å². The Morgan fingerprint density at radius 2 is 1.20 bits per heavy atom. The fourth-order valence-corrected chi connectivity index (χ4v) is 5.93. The Morgan fingerprint density at radius 1 is 0.633 bits per heavy atom. The molecule has 0 aliphatic heterocycles. The minimum Gasteiger partial charge on any atom is -0.305 e. The summed E-state index contributed by atoms with van der Waals surface area (Å²) in [5.74, 6) is 0. The molecule has 30 heavy (non-hydrogen) atoms. The zero-order valence-electron chi connectivity index (χ0n) is 17.5. The van der Waals surface area contributed by atoms with Gasteiger partial charge in [0.2, 0.25) is 0 Å². The first-order valence-corrected chi connectivity index (χ1v) is 10.7. The van der Waals surface area contributed by atoms with E-state index in [-0.39, 0.29) is 5.41 Å². The molecule has 0 fully saturated rings. The van der Waals surface area contributed by atoms with Crippen LogP contribution in [0, 0.1) is 0 Å². The Kier molecular flexibility index (Phi) is 3.78. The quantitative estimate of drug-likeness (QED) is 0.351. The van der Waals surface area contributed by atoms with E-state index in [1.807, 2.05) is 0 Å². The first-order valence-electron chi connectivity index (χ1n) is 10.7. The van der Waals surface area contributed by atoms with Gasteiger partial charge in [-0.15, -0.1) is 0 Å². The van der Waals surface area contributed by atoms with E-state index in [1.54, 1.807) is 0 Å². The number of hydrogen-bond donors (Lipinski definition) is 0. The predicted octanol–water partition coefficient (Wildman–Crippen LogP) is 6.02. The smallest absolute Gasteiger partial charge is 0.0722 e. The Labute approximate surface area is 178 Å². The van der Waals surface area contributed by atoms with E-state index in [4.69, 9.17) is 0 Å². The summed E-state index contributed by atoms with van der Waals surface area (Å²) in [6.45, 7) is 0.942. The zero-order chi connectivity index (χ0) is 20.3. The van der Waals surface area contributed by atoms with Gasteiger partial charge < -0.3 is 4.90 Å². The van der Waals surface area contributed by atoms with Gasteiger partial charge in [-0.2, -0.15) is 0 Å². The summed E-state index contributed by atoms with van der Waals surface area (Å²) in [5.41, 5.74) is 12.6. The van der Waals surface area contributed by atoms with E-state index in [2.05, 4.69) is 110 Å². The van der Waals surface area contributed by atoms with Gasteiger partial charge >= 0.3 is 0 Å². The molecule has 0 heterocycles. The van der Waals surface area contributed by atoms with Crippen molar-refractivity contribution in [1.82, 2.24) is 4.90 Å². The SMILES string of the molecule is CN(C)Cc1cccc2c1C1(c3ccccc3C2)c2ccccc2-c2ccccc21. The normalized spacial score (nSPS) is 14.9. The Bertz CT molecular complexity index is 1240. The van der Waals surface area contributed by atoms with Gasteiger partial charge in [0.1, 0.15) is 0 Å². The van der Waals surface area contributed by atoms with Gasteiger partial charge in [-0.1, -0.05) is 91.0 Å². The minimum atomic E-state index is -0.246. The second-order valence-electron chi connectivity index (χ2n) is 8.86. The highest BCUT2D eigenvalue weighted by atomic mass is 15.0. The summed E-state index contributed by atoms with van der Waals surface area (Å²) >= 11 is 0. The molecule has 4 aromatic rings. The third-order valence-electron chi connectivity index (χ3n) is 6.85. The van der Waals surface area contributed by atoms with Crippen LogP contribution in [-0.2, 0) is 18.4 Å². The molecule has 0 saturated heterocycles. The molecule has 0 atom stereocenters. The number of hydrogen-bond acceptors (Lipinski definition) is 1. The Morgan fingerprint density at radius 3 is 1.87 bits per heavy atom. The van der Waals surface area contributed by atoms with Crippen molar-refractivity contribution in [1.29, 1.82) is 0 Å². The Hall–Kier alpha value is -3.16. The van der Waals surface area contributed by atoms with Crippen LogP contribution in [0.3, 0.4) is 0 Å². The molecule has 6 rings (SSSR count). The van der Waals surface area contributed by atoms with E-state index in [1.165, 1.54) is 50.1 Å². The van der Waals surface area contributed by atoms with E-state index in [9.17, 15) is 0 Å². The van der Waals surface area contributed by atoms with Crippen molar-refractivity contribution in [3.05, 3.63) is 130 Å². The van der Waals surface area contributed by atoms with Crippen LogP contribution in [0.15, 0.2) is 91.0 Å². The van der Waals surface area contributed by atoms with Gasteiger partial charge in [0.25, 0.3) is 0 Å². The lowest BCUT2D eigenvalue weighted by molar-refractivity contribution is 0.399. The lowest BCUT2D eigenvalue weighted by Crippen LogP contribution is -2.36. The lowest BCUT2D eigenvalue weighted by Gasteiger charge is -2.42. The third kappa shape index (κ3) is 2.21. The molecule has 0 unspecified atom stereocenters. The number of fused-ring (bicyclic) bond motifs is 9. The van der Waals surface area contributed by atoms with Gasteiger partial charge in [0, 0.05) is 6.54 Å². The largest absolute Gasteiger partial charge is 0.305 e. The Balaban J connectivity index is 1.82. The van der Waals surface area contributed by atoms with Crippen LogP contribution in [-0.4, -0.2) is 19.0 Å². The van der Waals surface area contributed by atoms with Gasteiger partial charge in [-0.3, -0.25) is 0 Å². The first kappa shape index (κ1) is 17.7. The molecule has 0 radical (unpaired) electrons. The van der Waals surface area contributed by atoms with Crippen molar-refractivity contribution in [2.45, 2.75) is 18.4 Å². The second-order valence-corrected chi connectivity index (χ2v) is 8.86. The highest BCUT2D eigenvalue weighted by Gasteiger charge is 2.50. The summed E-state index contributed by atoms with van der Waals surface area (Å²) in [6.07, 6.45) is 0.999. The average Bonchev–Trinajstić information content (AvgIpc) is 3.05. The van der Waals surface area contributed by atoms with Crippen molar-refractivity contribution in [3.8, 4) is 11.1 Å². The summed E-state index contributed by atoms with van der Waals surface area (Å²) in [4.78, 5) is 2.29. The molecule has 0 saturated carbocycles.